The van der Waals surface area contributed by atoms with Gasteiger partial charge in [-0.2, -0.15) is 5.10 Å². The molecule has 0 fully saturated rings. The van der Waals surface area contributed by atoms with E-state index in [1.807, 2.05) is 0 Å². The normalized spacial score (nSPS) is 16.4. The van der Waals surface area contributed by atoms with Crippen LogP contribution in [0.4, 0.5) is 4.39 Å². The zero-order valence-electron chi connectivity index (χ0n) is 8.37. The zero-order chi connectivity index (χ0) is 11.5. The van der Waals surface area contributed by atoms with Gasteiger partial charge in [-0.15, -0.1) is 0 Å². The molecule has 2 rings (SSSR count). The lowest BCUT2D eigenvalue weighted by Crippen LogP contribution is -2.27. The Morgan fingerprint density at radius 3 is 3.12 bits per heavy atom. The fraction of sp³-hybridized carbons (Fsp3) is 0.200. The van der Waals surface area contributed by atoms with Gasteiger partial charge in [-0.1, -0.05) is 0 Å². The number of fused-ring (bicyclic) bond motifs is 1. The Morgan fingerprint density at radius 2 is 2.38 bits per heavy atom. The fourth-order valence-electron chi connectivity index (χ4n) is 1.48. The molecular formula is C10H10FN3OS. The van der Waals surface area contributed by atoms with Gasteiger partial charge in [0, 0.05) is 12.0 Å². The van der Waals surface area contributed by atoms with Gasteiger partial charge in [-0.3, -0.25) is 5.43 Å². The summed E-state index contributed by atoms with van der Waals surface area (Å²) < 4.78 is 18.5. The molecule has 0 saturated heterocycles. The standard InChI is InChI=1S/C10H10FN3OS/c11-6-1-2-9-7(5-6)8(3-4-15-9)13-14-10(12)16/h1-2,5H,3-4H2,(H3,12,14,16)/b13-8-. The highest BCUT2D eigenvalue weighted by atomic mass is 32.1. The topological polar surface area (TPSA) is 59.6 Å². The maximum Gasteiger partial charge on any atom is 0.184 e. The minimum atomic E-state index is -0.327. The molecule has 0 spiro atoms. The van der Waals surface area contributed by atoms with Gasteiger partial charge in [0.25, 0.3) is 0 Å². The molecule has 1 aliphatic heterocycles. The lowest BCUT2D eigenvalue weighted by atomic mass is 10.0. The van der Waals surface area contributed by atoms with Gasteiger partial charge in [-0.05, 0) is 30.4 Å². The molecule has 1 aliphatic rings. The van der Waals surface area contributed by atoms with Crippen molar-refractivity contribution >= 4 is 23.0 Å². The predicted octanol–water partition coefficient (Wildman–Crippen LogP) is 1.15. The van der Waals surface area contributed by atoms with E-state index in [-0.39, 0.29) is 10.9 Å². The molecule has 84 valence electrons. The Kier molecular flexibility index (Phi) is 3.00. The first-order valence-corrected chi connectivity index (χ1v) is 5.12. The van der Waals surface area contributed by atoms with Crippen molar-refractivity contribution in [3.63, 3.8) is 0 Å². The fourth-order valence-corrected chi connectivity index (χ4v) is 1.53. The molecule has 0 aliphatic carbocycles. The summed E-state index contributed by atoms with van der Waals surface area (Å²) in [6.07, 6.45) is 0.589. The molecule has 0 atom stereocenters. The lowest BCUT2D eigenvalue weighted by Gasteiger charge is -2.18. The van der Waals surface area contributed by atoms with Crippen LogP contribution in [-0.4, -0.2) is 17.4 Å². The molecule has 0 amide bonds. The Balaban J connectivity index is 2.35. The lowest BCUT2D eigenvalue weighted by molar-refractivity contribution is 0.319. The highest BCUT2D eigenvalue weighted by Gasteiger charge is 2.17. The Hall–Kier alpha value is -1.69. The summed E-state index contributed by atoms with van der Waals surface area (Å²) >= 11 is 4.64. The van der Waals surface area contributed by atoms with Crippen LogP contribution in [0.1, 0.15) is 12.0 Å². The SMILES string of the molecule is NC(=S)N/N=C1/CCOc2ccc(F)cc21. The van der Waals surface area contributed by atoms with Crippen molar-refractivity contribution in [2.24, 2.45) is 10.8 Å². The molecule has 0 unspecified atom stereocenters. The number of nitrogens with one attached hydrogen (secondary N) is 1. The number of ether oxygens (including phenoxy) is 1. The number of nitrogens with two attached hydrogens (primary N) is 1. The molecule has 0 saturated carbocycles. The number of hydrogen-bond acceptors (Lipinski definition) is 3. The first-order valence-electron chi connectivity index (χ1n) is 4.71. The molecule has 1 aromatic rings. The average molecular weight is 239 g/mol. The van der Waals surface area contributed by atoms with Crippen molar-refractivity contribution in [3.05, 3.63) is 29.6 Å². The second-order valence-corrected chi connectivity index (χ2v) is 3.71. The van der Waals surface area contributed by atoms with Crippen molar-refractivity contribution in [2.45, 2.75) is 6.42 Å². The largest absolute Gasteiger partial charge is 0.492 e. The summed E-state index contributed by atoms with van der Waals surface area (Å²) in [5.41, 5.74) is 9.08. The maximum absolute atomic E-state index is 13.1. The van der Waals surface area contributed by atoms with Crippen molar-refractivity contribution in [1.29, 1.82) is 0 Å². The molecule has 6 heteroatoms. The Labute approximate surface area is 97.3 Å². The minimum Gasteiger partial charge on any atom is -0.492 e. The van der Waals surface area contributed by atoms with E-state index in [9.17, 15) is 4.39 Å². The van der Waals surface area contributed by atoms with Crippen LogP contribution < -0.4 is 15.9 Å². The molecule has 3 N–H and O–H groups in total. The van der Waals surface area contributed by atoms with Crippen LogP contribution in [0.25, 0.3) is 0 Å². The van der Waals surface area contributed by atoms with E-state index in [1.165, 1.54) is 12.1 Å². The highest BCUT2D eigenvalue weighted by molar-refractivity contribution is 7.80. The third kappa shape index (κ3) is 2.27. The number of halogens is 1. The van der Waals surface area contributed by atoms with Crippen LogP contribution in [0, 0.1) is 5.82 Å². The van der Waals surface area contributed by atoms with Crippen LogP contribution in [0.3, 0.4) is 0 Å². The summed E-state index contributed by atoms with van der Waals surface area (Å²) in [4.78, 5) is 0. The molecule has 0 aromatic heterocycles. The average Bonchev–Trinajstić information content (AvgIpc) is 2.26. The molecule has 0 bridgehead atoms. The number of thiocarbonyl (C=S) groups is 1. The van der Waals surface area contributed by atoms with Crippen molar-refractivity contribution in [3.8, 4) is 5.75 Å². The van der Waals surface area contributed by atoms with E-state index in [4.69, 9.17) is 10.5 Å². The summed E-state index contributed by atoms with van der Waals surface area (Å²) in [5, 5.41) is 4.10. The zero-order valence-corrected chi connectivity index (χ0v) is 9.18. The van der Waals surface area contributed by atoms with E-state index in [1.54, 1.807) is 6.07 Å². The van der Waals surface area contributed by atoms with Gasteiger partial charge < -0.3 is 10.5 Å². The van der Waals surface area contributed by atoms with E-state index in [0.717, 1.165) is 0 Å². The molecule has 16 heavy (non-hydrogen) atoms. The number of nitrogens with zero attached hydrogens (tertiary/aromatic N) is 1. The first kappa shape index (κ1) is 10.8. The number of benzene rings is 1. The summed E-state index contributed by atoms with van der Waals surface area (Å²) in [5.74, 6) is 0.295. The van der Waals surface area contributed by atoms with Gasteiger partial charge in [0.15, 0.2) is 5.11 Å². The van der Waals surface area contributed by atoms with Crippen LogP contribution in [0.5, 0.6) is 5.75 Å². The number of hydrogen-bond donors (Lipinski definition) is 2. The van der Waals surface area contributed by atoms with Gasteiger partial charge in [-0.25, -0.2) is 4.39 Å². The first-order chi connectivity index (χ1) is 7.66. The third-order valence-electron chi connectivity index (χ3n) is 2.15. The summed E-state index contributed by atoms with van der Waals surface area (Å²) in [6, 6.07) is 4.32. The number of hydrazone groups is 1. The van der Waals surface area contributed by atoms with Gasteiger partial charge in [0.2, 0.25) is 0 Å². The predicted molar refractivity (Wildman–Crippen MR) is 63.0 cm³/mol. The summed E-state index contributed by atoms with van der Waals surface area (Å²) in [7, 11) is 0. The van der Waals surface area contributed by atoms with Crippen molar-refractivity contribution in [1.82, 2.24) is 5.43 Å². The molecular weight excluding hydrogens is 229 g/mol. The summed E-state index contributed by atoms with van der Waals surface area (Å²) in [6.45, 7) is 0.510. The second-order valence-electron chi connectivity index (χ2n) is 3.27. The minimum absolute atomic E-state index is 0.0805. The maximum atomic E-state index is 13.1. The van der Waals surface area contributed by atoms with Crippen molar-refractivity contribution < 1.29 is 9.13 Å². The van der Waals surface area contributed by atoms with Crippen LogP contribution >= 0.6 is 12.2 Å². The quantitative estimate of drug-likeness (QED) is 0.570. The second kappa shape index (κ2) is 4.44. The molecule has 4 nitrogen and oxygen atoms in total. The van der Waals surface area contributed by atoms with E-state index < -0.39 is 0 Å². The van der Waals surface area contributed by atoms with E-state index in [2.05, 4.69) is 22.7 Å². The number of rotatable bonds is 1. The smallest absolute Gasteiger partial charge is 0.184 e. The van der Waals surface area contributed by atoms with Crippen LogP contribution in [0.15, 0.2) is 23.3 Å². The molecule has 1 heterocycles. The Morgan fingerprint density at radius 1 is 1.56 bits per heavy atom. The van der Waals surface area contributed by atoms with Gasteiger partial charge >= 0.3 is 0 Å². The third-order valence-corrected chi connectivity index (χ3v) is 2.24. The van der Waals surface area contributed by atoms with Gasteiger partial charge in [0.1, 0.15) is 11.6 Å². The highest BCUT2D eigenvalue weighted by Crippen LogP contribution is 2.25. The monoisotopic (exact) mass is 239 g/mol. The van der Waals surface area contributed by atoms with E-state index in [0.29, 0.717) is 30.1 Å². The molecule has 0 radical (unpaired) electrons. The van der Waals surface area contributed by atoms with Gasteiger partial charge in [0.05, 0.1) is 12.3 Å². The van der Waals surface area contributed by atoms with Crippen molar-refractivity contribution in [2.75, 3.05) is 6.61 Å². The Bertz CT molecular complexity index is 461. The van der Waals surface area contributed by atoms with Crippen LogP contribution in [-0.2, 0) is 0 Å². The van der Waals surface area contributed by atoms with E-state index >= 15 is 0 Å². The molecule has 1 aromatic carbocycles. The van der Waals surface area contributed by atoms with Crippen LogP contribution in [0.2, 0.25) is 0 Å².